The van der Waals surface area contributed by atoms with Gasteiger partial charge in [0.05, 0.1) is 28.6 Å². The number of aromatic nitrogens is 3. The van der Waals surface area contributed by atoms with Gasteiger partial charge in [0.25, 0.3) is 0 Å². The zero-order valence-electron chi connectivity index (χ0n) is 11.3. The van der Waals surface area contributed by atoms with Gasteiger partial charge in [0, 0.05) is 23.8 Å². The van der Waals surface area contributed by atoms with Crippen molar-refractivity contribution in [2.45, 2.75) is 39.3 Å². The van der Waals surface area contributed by atoms with Crippen LogP contribution in [0.4, 0.5) is 0 Å². The fraction of sp³-hybridized carbons (Fsp3) is 0.500. The highest BCUT2D eigenvalue weighted by Crippen LogP contribution is 2.32. The second kappa shape index (κ2) is 5.35. The van der Waals surface area contributed by atoms with E-state index in [1.165, 1.54) is 17.7 Å². The molecule has 2 aromatic heterocycles. The van der Waals surface area contributed by atoms with Crippen LogP contribution >= 0.6 is 11.3 Å². The van der Waals surface area contributed by atoms with E-state index in [-0.39, 0.29) is 0 Å². The Morgan fingerprint density at radius 1 is 1.37 bits per heavy atom. The Kier molecular flexibility index (Phi) is 3.57. The molecule has 1 aliphatic heterocycles. The summed E-state index contributed by atoms with van der Waals surface area (Å²) in [4.78, 5) is 17.1. The fourth-order valence-corrected chi connectivity index (χ4v) is 3.46. The van der Waals surface area contributed by atoms with Crippen molar-refractivity contribution >= 4 is 11.3 Å². The summed E-state index contributed by atoms with van der Waals surface area (Å²) in [5.74, 6) is 0. The number of aryl methyl sites for hydroxylation is 2. The molecule has 2 aromatic rings. The van der Waals surface area contributed by atoms with Gasteiger partial charge in [0.1, 0.15) is 0 Å². The number of nitrogens with zero attached hydrogens (tertiary/aromatic N) is 4. The molecular formula is C14H18N4S. The Labute approximate surface area is 117 Å². The Morgan fingerprint density at radius 3 is 3.00 bits per heavy atom. The molecule has 1 unspecified atom stereocenters. The highest BCUT2D eigenvalue weighted by Gasteiger charge is 2.28. The third-order valence-corrected chi connectivity index (χ3v) is 4.59. The highest BCUT2D eigenvalue weighted by molar-refractivity contribution is 7.09. The highest BCUT2D eigenvalue weighted by atomic mass is 32.1. The Morgan fingerprint density at radius 2 is 2.26 bits per heavy atom. The van der Waals surface area contributed by atoms with Gasteiger partial charge in [-0.2, -0.15) is 0 Å². The lowest BCUT2D eigenvalue weighted by atomic mass is 10.1. The van der Waals surface area contributed by atoms with Gasteiger partial charge in [-0.3, -0.25) is 14.9 Å². The topological polar surface area (TPSA) is 41.9 Å². The average molecular weight is 274 g/mol. The molecule has 0 spiro atoms. The van der Waals surface area contributed by atoms with Gasteiger partial charge >= 0.3 is 0 Å². The number of rotatable bonds is 3. The molecule has 1 fully saturated rings. The standard InChI is InChI=1S/C14H18N4S/c1-10-6-15-7-12(17-10)13-4-3-5-18(13)8-14-11(2)16-9-19-14/h6-7,9,13H,3-5,8H2,1-2H3. The predicted octanol–water partition coefficient (Wildman–Crippen LogP) is 2.89. The van der Waals surface area contributed by atoms with Gasteiger partial charge in [0.2, 0.25) is 0 Å². The van der Waals surface area contributed by atoms with E-state index in [0.717, 1.165) is 30.2 Å². The van der Waals surface area contributed by atoms with Crippen LogP contribution in [0.5, 0.6) is 0 Å². The SMILES string of the molecule is Cc1cncc(C2CCCN2Cc2scnc2C)n1. The minimum absolute atomic E-state index is 0.411. The summed E-state index contributed by atoms with van der Waals surface area (Å²) >= 11 is 1.75. The van der Waals surface area contributed by atoms with Crippen LogP contribution in [0.25, 0.3) is 0 Å². The summed E-state index contributed by atoms with van der Waals surface area (Å²) < 4.78 is 0. The monoisotopic (exact) mass is 274 g/mol. The summed E-state index contributed by atoms with van der Waals surface area (Å²) in [6.07, 6.45) is 6.14. The molecule has 0 radical (unpaired) electrons. The van der Waals surface area contributed by atoms with Crippen molar-refractivity contribution in [3.8, 4) is 0 Å². The van der Waals surface area contributed by atoms with Gasteiger partial charge in [-0.05, 0) is 33.2 Å². The molecule has 1 saturated heterocycles. The van der Waals surface area contributed by atoms with E-state index in [0.29, 0.717) is 6.04 Å². The van der Waals surface area contributed by atoms with Crippen molar-refractivity contribution in [3.05, 3.63) is 39.9 Å². The maximum absolute atomic E-state index is 4.64. The zero-order valence-corrected chi connectivity index (χ0v) is 12.2. The van der Waals surface area contributed by atoms with Crippen molar-refractivity contribution in [3.63, 3.8) is 0 Å². The van der Waals surface area contributed by atoms with E-state index in [1.807, 2.05) is 24.8 Å². The minimum atomic E-state index is 0.411. The summed E-state index contributed by atoms with van der Waals surface area (Å²) in [5, 5.41) is 0. The lowest BCUT2D eigenvalue weighted by Crippen LogP contribution is -2.23. The van der Waals surface area contributed by atoms with Crippen LogP contribution in [0.15, 0.2) is 17.9 Å². The predicted molar refractivity (Wildman–Crippen MR) is 76.0 cm³/mol. The number of hydrogen-bond acceptors (Lipinski definition) is 5. The van der Waals surface area contributed by atoms with E-state index in [9.17, 15) is 0 Å². The van der Waals surface area contributed by atoms with Gasteiger partial charge < -0.3 is 0 Å². The smallest absolute Gasteiger partial charge is 0.0798 e. The number of hydrogen-bond donors (Lipinski definition) is 0. The van der Waals surface area contributed by atoms with E-state index in [4.69, 9.17) is 0 Å². The van der Waals surface area contributed by atoms with Crippen molar-refractivity contribution in [1.82, 2.24) is 19.9 Å². The maximum Gasteiger partial charge on any atom is 0.0798 e. The molecule has 100 valence electrons. The molecule has 4 nitrogen and oxygen atoms in total. The lowest BCUT2D eigenvalue weighted by Gasteiger charge is -2.23. The Hall–Kier alpha value is -1.33. The zero-order chi connectivity index (χ0) is 13.2. The maximum atomic E-state index is 4.64. The molecule has 19 heavy (non-hydrogen) atoms. The molecule has 3 rings (SSSR count). The van der Waals surface area contributed by atoms with Gasteiger partial charge in [-0.1, -0.05) is 0 Å². The first kappa shape index (κ1) is 12.7. The van der Waals surface area contributed by atoms with Crippen molar-refractivity contribution in [2.75, 3.05) is 6.54 Å². The lowest BCUT2D eigenvalue weighted by molar-refractivity contribution is 0.245. The summed E-state index contributed by atoms with van der Waals surface area (Å²) in [6, 6.07) is 0.411. The van der Waals surface area contributed by atoms with E-state index < -0.39 is 0 Å². The van der Waals surface area contributed by atoms with Crippen molar-refractivity contribution in [2.24, 2.45) is 0 Å². The van der Waals surface area contributed by atoms with Crippen LogP contribution in [-0.2, 0) is 6.54 Å². The molecule has 1 atom stereocenters. The molecule has 0 amide bonds. The summed E-state index contributed by atoms with van der Waals surface area (Å²) in [7, 11) is 0. The van der Waals surface area contributed by atoms with Gasteiger partial charge in [-0.15, -0.1) is 11.3 Å². The first-order valence-corrected chi connectivity index (χ1v) is 7.53. The average Bonchev–Trinajstić information content (AvgIpc) is 3.00. The third kappa shape index (κ3) is 2.67. The molecule has 0 N–H and O–H groups in total. The molecule has 0 aromatic carbocycles. The van der Waals surface area contributed by atoms with E-state index >= 15 is 0 Å². The minimum Gasteiger partial charge on any atom is -0.290 e. The van der Waals surface area contributed by atoms with Gasteiger partial charge in [-0.25, -0.2) is 4.98 Å². The molecule has 0 aliphatic carbocycles. The van der Waals surface area contributed by atoms with Crippen molar-refractivity contribution in [1.29, 1.82) is 0 Å². The first-order valence-electron chi connectivity index (χ1n) is 6.65. The van der Waals surface area contributed by atoms with Crippen LogP contribution in [0.3, 0.4) is 0 Å². The van der Waals surface area contributed by atoms with Gasteiger partial charge in [0.15, 0.2) is 0 Å². The van der Waals surface area contributed by atoms with Crippen LogP contribution in [0, 0.1) is 13.8 Å². The quantitative estimate of drug-likeness (QED) is 0.863. The van der Waals surface area contributed by atoms with Crippen LogP contribution < -0.4 is 0 Å². The van der Waals surface area contributed by atoms with E-state index in [2.05, 4.69) is 26.8 Å². The largest absolute Gasteiger partial charge is 0.290 e. The van der Waals surface area contributed by atoms with Crippen LogP contribution in [-0.4, -0.2) is 26.4 Å². The molecular weight excluding hydrogens is 256 g/mol. The second-order valence-corrected chi connectivity index (χ2v) is 6.01. The van der Waals surface area contributed by atoms with Crippen LogP contribution in [0.1, 0.15) is 40.8 Å². The summed E-state index contributed by atoms with van der Waals surface area (Å²) in [6.45, 7) is 6.21. The number of thiazole rings is 1. The molecule has 0 bridgehead atoms. The fourth-order valence-electron chi connectivity index (χ4n) is 2.66. The third-order valence-electron chi connectivity index (χ3n) is 3.67. The Bertz CT molecular complexity index is 566. The number of likely N-dealkylation sites (tertiary alicyclic amines) is 1. The summed E-state index contributed by atoms with van der Waals surface area (Å²) in [5.41, 5.74) is 5.20. The second-order valence-electron chi connectivity index (χ2n) is 5.07. The van der Waals surface area contributed by atoms with E-state index in [1.54, 1.807) is 11.3 Å². The molecule has 3 heterocycles. The molecule has 0 saturated carbocycles. The normalized spacial score (nSPS) is 20.0. The molecule has 1 aliphatic rings. The van der Waals surface area contributed by atoms with Crippen LogP contribution in [0.2, 0.25) is 0 Å². The van der Waals surface area contributed by atoms with Crippen molar-refractivity contribution < 1.29 is 0 Å². The Balaban J connectivity index is 1.80. The molecule has 5 heteroatoms. The first-order chi connectivity index (χ1) is 9.24.